The number of amides is 1. The molecule has 1 aromatic heterocycles. The predicted molar refractivity (Wildman–Crippen MR) is 102 cm³/mol. The van der Waals surface area contributed by atoms with Crippen LogP contribution in [0.2, 0.25) is 0 Å². The first-order valence-corrected chi connectivity index (χ1v) is 10.1. The second-order valence-corrected chi connectivity index (χ2v) is 8.46. The van der Waals surface area contributed by atoms with Gasteiger partial charge in [0.05, 0.1) is 17.1 Å². The van der Waals surface area contributed by atoms with Crippen molar-refractivity contribution in [3.63, 3.8) is 0 Å². The van der Waals surface area contributed by atoms with Crippen LogP contribution in [0.1, 0.15) is 39.0 Å². The normalized spacial score (nSPS) is 16.8. The van der Waals surface area contributed by atoms with E-state index in [1.165, 1.54) is 31.0 Å². The summed E-state index contributed by atoms with van der Waals surface area (Å²) in [4.78, 5) is 20.0. The summed E-state index contributed by atoms with van der Waals surface area (Å²) in [6.45, 7) is 1.94. The van der Waals surface area contributed by atoms with Crippen LogP contribution in [0.15, 0.2) is 40.1 Å². The Morgan fingerprint density at radius 1 is 1.29 bits per heavy atom. The van der Waals surface area contributed by atoms with Crippen LogP contribution in [0.3, 0.4) is 0 Å². The molecule has 1 unspecified atom stereocenters. The molecule has 1 aliphatic carbocycles. The van der Waals surface area contributed by atoms with Crippen molar-refractivity contribution in [1.82, 2.24) is 15.3 Å². The number of halogens is 1. The molecule has 0 bridgehead atoms. The average molecular weight is 408 g/mol. The fraction of sp³-hybridized carbons (Fsp3) is 0.444. The summed E-state index contributed by atoms with van der Waals surface area (Å²) in [5, 5.41) is 3.80. The topological polar surface area (TPSA) is 57.8 Å². The number of H-pyrrole nitrogens is 1. The fourth-order valence-electron chi connectivity index (χ4n) is 2.93. The molecule has 4 nitrogen and oxygen atoms in total. The molecule has 0 aliphatic heterocycles. The highest BCUT2D eigenvalue weighted by atomic mass is 79.9. The van der Waals surface area contributed by atoms with Gasteiger partial charge in [-0.25, -0.2) is 4.98 Å². The predicted octanol–water partition coefficient (Wildman–Crippen LogP) is 4.77. The highest BCUT2D eigenvalue weighted by Crippen LogP contribution is 2.26. The second kappa shape index (κ2) is 8.21. The molecule has 1 fully saturated rings. The van der Waals surface area contributed by atoms with Crippen molar-refractivity contribution in [2.75, 3.05) is 0 Å². The van der Waals surface area contributed by atoms with Gasteiger partial charge in [0.15, 0.2) is 5.16 Å². The van der Waals surface area contributed by atoms with Gasteiger partial charge in [0.25, 0.3) is 0 Å². The Bertz CT molecular complexity index is 680. The molecular weight excluding hydrogens is 386 g/mol. The first kappa shape index (κ1) is 17.5. The highest BCUT2D eigenvalue weighted by molar-refractivity contribution is 9.10. The van der Waals surface area contributed by atoms with Crippen LogP contribution in [0.5, 0.6) is 0 Å². The van der Waals surface area contributed by atoms with E-state index in [1.54, 1.807) is 0 Å². The number of benzene rings is 1. The summed E-state index contributed by atoms with van der Waals surface area (Å²) in [5.41, 5.74) is 2.04. The SMILES string of the molecule is CC(Sc1ncc(-c2ccc(Br)cc2)[nH]1)C(=O)NC1CCCCC1. The van der Waals surface area contributed by atoms with Gasteiger partial charge >= 0.3 is 0 Å². The van der Waals surface area contributed by atoms with Gasteiger partial charge in [0.2, 0.25) is 5.91 Å². The Morgan fingerprint density at radius 2 is 2.00 bits per heavy atom. The van der Waals surface area contributed by atoms with Crippen LogP contribution in [-0.4, -0.2) is 27.2 Å². The minimum Gasteiger partial charge on any atom is -0.352 e. The van der Waals surface area contributed by atoms with Crippen molar-refractivity contribution in [3.8, 4) is 11.3 Å². The van der Waals surface area contributed by atoms with Gasteiger partial charge in [-0.2, -0.15) is 0 Å². The zero-order valence-corrected chi connectivity index (χ0v) is 16.1. The van der Waals surface area contributed by atoms with Crippen LogP contribution in [0.4, 0.5) is 0 Å². The van der Waals surface area contributed by atoms with Gasteiger partial charge < -0.3 is 10.3 Å². The number of hydrogen-bond acceptors (Lipinski definition) is 3. The van der Waals surface area contributed by atoms with Crippen molar-refractivity contribution in [2.24, 2.45) is 0 Å². The number of carbonyl (C=O) groups excluding carboxylic acids is 1. The maximum Gasteiger partial charge on any atom is 0.233 e. The number of nitrogens with zero attached hydrogens (tertiary/aromatic N) is 1. The molecule has 3 rings (SSSR count). The summed E-state index contributed by atoms with van der Waals surface area (Å²) in [5.74, 6) is 0.105. The van der Waals surface area contributed by atoms with Crippen molar-refractivity contribution in [3.05, 3.63) is 34.9 Å². The Kier molecular flexibility index (Phi) is 6.00. The van der Waals surface area contributed by atoms with E-state index in [0.29, 0.717) is 6.04 Å². The Labute approximate surface area is 155 Å². The third kappa shape index (κ3) is 4.63. The van der Waals surface area contributed by atoms with Crippen molar-refractivity contribution in [2.45, 2.75) is 55.5 Å². The standard InChI is InChI=1S/C18H22BrN3OS/c1-12(17(23)21-15-5-3-2-4-6-15)24-18-20-11-16(22-18)13-7-9-14(19)10-8-13/h7-12,15H,2-6H2,1H3,(H,20,22)(H,21,23). The van der Waals surface area contributed by atoms with E-state index >= 15 is 0 Å². The van der Waals surface area contributed by atoms with E-state index < -0.39 is 0 Å². The molecule has 0 radical (unpaired) electrons. The van der Waals surface area contributed by atoms with E-state index in [-0.39, 0.29) is 11.2 Å². The van der Waals surface area contributed by atoms with Gasteiger partial charge in [-0.05, 0) is 37.5 Å². The van der Waals surface area contributed by atoms with Gasteiger partial charge in [-0.3, -0.25) is 4.79 Å². The molecule has 6 heteroatoms. The first-order chi connectivity index (χ1) is 11.6. The number of thioether (sulfide) groups is 1. The molecule has 0 spiro atoms. The lowest BCUT2D eigenvalue weighted by atomic mass is 9.95. The van der Waals surface area contributed by atoms with Crippen LogP contribution in [0, 0.1) is 0 Å². The lowest BCUT2D eigenvalue weighted by Gasteiger charge is -2.24. The summed E-state index contributed by atoms with van der Waals surface area (Å²) in [7, 11) is 0. The maximum absolute atomic E-state index is 12.4. The average Bonchev–Trinajstić information content (AvgIpc) is 3.05. The third-order valence-corrected chi connectivity index (χ3v) is 5.84. The maximum atomic E-state index is 12.4. The molecule has 0 saturated heterocycles. The van der Waals surface area contributed by atoms with Crippen molar-refractivity contribution >= 4 is 33.6 Å². The fourth-order valence-corrected chi connectivity index (χ4v) is 3.98. The molecule has 1 aliphatic rings. The molecule has 1 amide bonds. The van der Waals surface area contributed by atoms with Crippen molar-refractivity contribution < 1.29 is 4.79 Å². The number of hydrogen-bond donors (Lipinski definition) is 2. The quantitative estimate of drug-likeness (QED) is 0.701. The number of aromatic nitrogens is 2. The summed E-state index contributed by atoms with van der Waals surface area (Å²) in [6, 6.07) is 8.42. The zero-order chi connectivity index (χ0) is 16.9. The molecule has 2 N–H and O–H groups in total. The lowest BCUT2D eigenvalue weighted by molar-refractivity contribution is -0.121. The molecule has 24 heavy (non-hydrogen) atoms. The third-order valence-electron chi connectivity index (χ3n) is 4.32. The molecular formula is C18H22BrN3OS. The number of rotatable bonds is 5. The van der Waals surface area contributed by atoms with Crippen molar-refractivity contribution in [1.29, 1.82) is 0 Å². The van der Waals surface area contributed by atoms with Crippen LogP contribution in [0.25, 0.3) is 11.3 Å². The summed E-state index contributed by atoms with van der Waals surface area (Å²) >= 11 is 4.91. The number of nitrogens with one attached hydrogen (secondary N) is 2. The first-order valence-electron chi connectivity index (χ1n) is 8.40. The molecule has 1 atom stereocenters. The van der Waals surface area contributed by atoms with Gasteiger partial charge in [0, 0.05) is 10.5 Å². The monoisotopic (exact) mass is 407 g/mol. The van der Waals surface area contributed by atoms with E-state index in [2.05, 4.69) is 31.2 Å². The molecule has 1 aromatic carbocycles. The summed E-state index contributed by atoms with van der Waals surface area (Å²) in [6.07, 6.45) is 7.77. The van der Waals surface area contributed by atoms with Crippen LogP contribution < -0.4 is 5.32 Å². The Morgan fingerprint density at radius 3 is 2.71 bits per heavy atom. The Balaban J connectivity index is 1.57. The smallest absolute Gasteiger partial charge is 0.233 e. The van der Waals surface area contributed by atoms with E-state index in [1.807, 2.05) is 37.4 Å². The number of carbonyl (C=O) groups is 1. The molecule has 1 heterocycles. The number of imidazole rings is 1. The van der Waals surface area contributed by atoms with E-state index in [4.69, 9.17) is 0 Å². The van der Waals surface area contributed by atoms with Crippen LogP contribution >= 0.6 is 27.7 Å². The Hall–Kier alpha value is -1.27. The van der Waals surface area contributed by atoms with Gasteiger partial charge in [-0.1, -0.05) is 59.1 Å². The zero-order valence-electron chi connectivity index (χ0n) is 13.7. The second-order valence-electron chi connectivity index (χ2n) is 6.21. The summed E-state index contributed by atoms with van der Waals surface area (Å²) < 4.78 is 1.05. The van der Waals surface area contributed by atoms with Gasteiger partial charge in [-0.15, -0.1) is 0 Å². The molecule has 128 valence electrons. The van der Waals surface area contributed by atoms with E-state index in [0.717, 1.165) is 33.7 Å². The van der Waals surface area contributed by atoms with E-state index in [9.17, 15) is 4.79 Å². The minimum absolute atomic E-state index is 0.105. The minimum atomic E-state index is -0.157. The largest absolute Gasteiger partial charge is 0.352 e. The van der Waals surface area contributed by atoms with Gasteiger partial charge in [0.1, 0.15) is 0 Å². The lowest BCUT2D eigenvalue weighted by Crippen LogP contribution is -2.40. The highest BCUT2D eigenvalue weighted by Gasteiger charge is 2.21. The molecule has 2 aromatic rings. The molecule has 1 saturated carbocycles. The number of aromatic amines is 1. The van der Waals surface area contributed by atoms with Crippen LogP contribution in [-0.2, 0) is 4.79 Å².